The fourth-order valence-electron chi connectivity index (χ4n) is 1.94. The summed E-state index contributed by atoms with van der Waals surface area (Å²) in [6, 6.07) is 5.23. The Labute approximate surface area is 81.5 Å². The molecule has 0 saturated heterocycles. The van der Waals surface area contributed by atoms with Crippen molar-refractivity contribution in [2.75, 3.05) is 0 Å². The zero-order valence-corrected chi connectivity index (χ0v) is 7.66. The molecule has 0 unspecified atom stereocenters. The monoisotopic (exact) mass is 186 g/mol. The summed E-state index contributed by atoms with van der Waals surface area (Å²) in [5.74, 6) is 1.33. The molecule has 1 N–H and O–H groups in total. The summed E-state index contributed by atoms with van der Waals surface area (Å²) in [6.07, 6.45) is 6.21. The Bertz CT molecular complexity index is 520. The molecule has 0 radical (unpaired) electrons. The molecule has 70 valence electrons. The molecule has 0 amide bonds. The molecule has 1 heterocycles. The van der Waals surface area contributed by atoms with E-state index in [1.54, 1.807) is 12.1 Å². The van der Waals surface area contributed by atoms with Gasteiger partial charge < -0.3 is 9.52 Å². The zero-order valence-electron chi connectivity index (χ0n) is 7.66. The Morgan fingerprint density at radius 2 is 2.21 bits per heavy atom. The van der Waals surface area contributed by atoms with Crippen molar-refractivity contribution in [2.45, 2.75) is 12.8 Å². The molecule has 0 bridgehead atoms. The normalized spacial score (nSPS) is 14.6. The van der Waals surface area contributed by atoms with Gasteiger partial charge >= 0.3 is 0 Å². The van der Waals surface area contributed by atoms with Gasteiger partial charge in [0.2, 0.25) is 0 Å². The molecule has 1 aliphatic carbocycles. The first-order valence-electron chi connectivity index (χ1n) is 4.75. The van der Waals surface area contributed by atoms with Crippen molar-refractivity contribution in [3.8, 4) is 5.75 Å². The minimum Gasteiger partial charge on any atom is -0.508 e. The van der Waals surface area contributed by atoms with Crippen LogP contribution in [0.5, 0.6) is 5.75 Å². The van der Waals surface area contributed by atoms with Crippen LogP contribution in [0.4, 0.5) is 0 Å². The second kappa shape index (κ2) is 2.64. The topological polar surface area (TPSA) is 33.4 Å². The standard InChI is InChI=1S/C12H10O2/c13-8-5-6-12-10(7-8)9-3-1-2-4-11(9)14-12/h1,3,5-7,13H,2,4H2. The van der Waals surface area contributed by atoms with Crippen LogP contribution in [-0.2, 0) is 6.42 Å². The fraction of sp³-hybridized carbons (Fsp3) is 0.167. The minimum atomic E-state index is 0.292. The van der Waals surface area contributed by atoms with Gasteiger partial charge in [-0.2, -0.15) is 0 Å². The summed E-state index contributed by atoms with van der Waals surface area (Å²) in [5.41, 5.74) is 1.99. The number of allylic oxidation sites excluding steroid dienone is 1. The number of phenolic OH excluding ortho intramolecular Hbond substituents is 1. The van der Waals surface area contributed by atoms with Crippen molar-refractivity contribution in [1.82, 2.24) is 0 Å². The van der Waals surface area contributed by atoms with Crippen LogP contribution >= 0.6 is 0 Å². The quantitative estimate of drug-likeness (QED) is 0.685. The van der Waals surface area contributed by atoms with Crippen molar-refractivity contribution in [1.29, 1.82) is 0 Å². The second-order valence-corrected chi connectivity index (χ2v) is 3.56. The van der Waals surface area contributed by atoms with Gasteiger partial charge in [-0.1, -0.05) is 12.2 Å². The highest BCUT2D eigenvalue weighted by atomic mass is 16.3. The average molecular weight is 186 g/mol. The number of hydrogen-bond acceptors (Lipinski definition) is 2. The van der Waals surface area contributed by atoms with Crippen LogP contribution in [0.1, 0.15) is 17.7 Å². The molecule has 0 fully saturated rings. The second-order valence-electron chi connectivity index (χ2n) is 3.56. The molecule has 14 heavy (non-hydrogen) atoms. The number of benzene rings is 1. The number of furan rings is 1. The number of fused-ring (bicyclic) bond motifs is 3. The van der Waals surface area contributed by atoms with Gasteiger partial charge in [0.15, 0.2) is 0 Å². The molecule has 2 heteroatoms. The van der Waals surface area contributed by atoms with Crippen LogP contribution in [0.3, 0.4) is 0 Å². The molecular weight excluding hydrogens is 176 g/mol. The van der Waals surface area contributed by atoms with Gasteiger partial charge in [-0.15, -0.1) is 0 Å². The molecule has 3 rings (SSSR count). The lowest BCUT2D eigenvalue weighted by atomic mass is 10.0. The zero-order chi connectivity index (χ0) is 9.54. The average Bonchev–Trinajstić information content (AvgIpc) is 2.56. The van der Waals surface area contributed by atoms with Gasteiger partial charge in [0.05, 0.1) is 0 Å². The maximum Gasteiger partial charge on any atom is 0.135 e. The van der Waals surface area contributed by atoms with Crippen molar-refractivity contribution < 1.29 is 9.52 Å². The summed E-state index contributed by atoms with van der Waals surface area (Å²) in [5, 5.41) is 10.4. The van der Waals surface area contributed by atoms with E-state index in [4.69, 9.17) is 4.42 Å². The first-order valence-corrected chi connectivity index (χ1v) is 4.75. The van der Waals surface area contributed by atoms with Crippen LogP contribution in [0.2, 0.25) is 0 Å². The molecule has 0 atom stereocenters. The maximum atomic E-state index is 9.38. The summed E-state index contributed by atoms with van der Waals surface area (Å²) >= 11 is 0. The van der Waals surface area contributed by atoms with E-state index in [-0.39, 0.29) is 0 Å². The summed E-state index contributed by atoms with van der Waals surface area (Å²) in [4.78, 5) is 0. The summed E-state index contributed by atoms with van der Waals surface area (Å²) < 4.78 is 5.68. The third kappa shape index (κ3) is 0.970. The van der Waals surface area contributed by atoms with E-state index < -0.39 is 0 Å². The predicted molar refractivity (Wildman–Crippen MR) is 55.2 cm³/mol. The van der Waals surface area contributed by atoms with Crippen LogP contribution in [0.15, 0.2) is 28.7 Å². The molecule has 1 aliphatic rings. The Hall–Kier alpha value is -1.70. The first kappa shape index (κ1) is 7.68. The van der Waals surface area contributed by atoms with Gasteiger partial charge in [-0.25, -0.2) is 0 Å². The van der Waals surface area contributed by atoms with Gasteiger partial charge in [0.1, 0.15) is 17.1 Å². The largest absolute Gasteiger partial charge is 0.508 e. The molecule has 1 aromatic carbocycles. The Morgan fingerprint density at radius 1 is 1.29 bits per heavy atom. The molecule has 0 spiro atoms. The van der Waals surface area contributed by atoms with Crippen LogP contribution < -0.4 is 0 Å². The SMILES string of the molecule is Oc1ccc2oc3c(c2c1)C=CCC3. The number of hydrogen-bond donors (Lipinski definition) is 1. The maximum absolute atomic E-state index is 9.38. The summed E-state index contributed by atoms with van der Waals surface area (Å²) in [6.45, 7) is 0. The highest BCUT2D eigenvalue weighted by Crippen LogP contribution is 2.32. The molecule has 2 aromatic rings. The van der Waals surface area contributed by atoms with E-state index in [1.165, 1.54) is 0 Å². The summed E-state index contributed by atoms with van der Waals surface area (Å²) in [7, 11) is 0. The van der Waals surface area contributed by atoms with Gasteiger partial charge in [-0.3, -0.25) is 0 Å². The number of aryl methyl sites for hydroxylation is 1. The molecule has 0 saturated carbocycles. The lowest BCUT2D eigenvalue weighted by Crippen LogP contribution is -1.87. The van der Waals surface area contributed by atoms with E-state index in [2.05, 4.69) is 12.2 Å². The Morgan fingerprint density at radius 3 is 3.14 bits per heavy atom. The van der Waals surface area contributed by atoms with E-state index in [0.29, 0.717) is 5.75 Å². The molecule has 2 nitrogen and oxygen atoms in total. The van der Waals surface area contributed by atoms with Gasteiger partial charge in [0.25, 0.3) is 0 Å². The Kier molecular flexibility index (Phi) is 1.45. The van der Waals surface area contributed by atoms with E-state index in [9.17, 15) is 5.11 Å². The lowest BCUT2D eigenvalue weighted by molar-refractivity contribution is 0.475. The smallest absolute Gasteiger partial charge is 0.135 e. The first-order chi connectivity index (χ1) is 6.84. The number of rotatable bonds is 0. The van der Waals surface area contributed by atoms with Crippen LogP contribution in [0, 0.1) is 0 Å². The lowest BCUT2D eigenvalue weighted by Gasteiger charge is -2.01. The number of phenols is 1. The van der Waals surface area contributed by atoms with Gasteiger partial charge in [-0.05, 0) is 24.6 Å². The molecule has 0 aliphatic heterocycles. The number of aromatic hydroxyl groups is 1. The highest BCUT2D eigenvalue weighted by molar-refractivity contribution is 5.90. The Balaban J connectivity index is 2.39. The highest BCUT2D eigenvalue weighted by Gasteiger charge is 2.14. The van der Waals surface area contributed by atoms with Crippen molar-refractivity contribution in [2.24, 2.45) is 0 Å². The third-order valence-electron chi connectivity index (χ3n) is 2.61. The van der Waals surface area contributed by atoms with Crippen molar-refractivity contribution in [3.63, 3.8) is 0 Å². The van der Waals surface area contributed by atoms with E-state index in [0.717, 1.165) is 35.1 Å². The predicted octanol–water partition coefficient (Wildman–Crippen LogP) is 3.10. The third-order valence-corrected chi connectivity index (χ3v) is 2.61. The van der Waals surface area contributed by atoms with Crippen LogP contribution in [0.25, 0.3) is 17.0 Å². The van der Waals surface area contributed by atoms with E-state index in [1.807, 2.05) is 6.07 Å². The molecular formula is C12H10O2. The van der Waals surface area contributed by atoms with Crippen molar-refractivity contribution >= 4 is 17.0 Å². The fourth-order valence-corrected chi connectivity index (χ4v) is 1.94. The van der Waals surface area contributed by atoms with Crippen molar-refractivity contribution in [3.05, 3.63) is 35.6 Å². The van der Waals surface area contributed by atoms with E-state index >= 15 is 0 Å². The minimum absolute atomic E-state index is 0.292. The van der Waals surface area contributed by atoms with Crippen LogP contribution in [-0.4, -0.2) is 5.11 Å². The van der Waals surface area contributed by atoms with Gasteiger partial charge in [0, 0.05) is 17.4 Å². The molecule has 1 aromatic heterocycles.